The van der Waals surface area contributed by atoms with E-state index in [2.05, 4.69) is 13.8 Å². The van der Waals surface area contributed by atoms with Gasteiger partial charge in [-0.3, -0.25) is 0 Å². The van der Waals surface area contributed by atoms with Crippen LogP contribution in [0.5, 0.6) is 0 Å². The number of hydrogen-bond donors (Lipinski definition) is 1. The lowest BCUT2D eigenvalue weighted by Gasteiger charge is -2.55. The summed E-state index contributed by atoms with van der Waals surface area (Å²) in [5.74, 6) is 3.26. The van der Waals surface area contributed by atoms with E-state index in [-0.39, 0.29) is 6.10 Å². The molecule has 0 aromatic heterocycles. The van der Waals surface area contributed by atoms with Crippen LogP contribution in [0, 0.1) is 23.7 Å². The summed E-state index contributed by atoms with van der Waals surface area (Å²) in [7, 11) is 0. The summed E-state index contributed by atoms with van der Waals surface area (Å²) in [6, 6.07) is 0. The zero-order valence-corrected chi connectivity index (χ0v) is 9.16. The van der Waals surface area contributed by atoms with E-state index >= 15 is 0 Å². The average Bonchev–Trinajstić information content (AvgIpc) is 2.17. The van der Waals surface area contributed by atoms with Crippen LogP contribution in [0.15, 0.2) is 11.1 Å². The van der Waals surface area contributed by atoms with Crippen molar-refractivity contribution in [2.45, 2.75) is 45.6 Å². The maximum absolute atomic E-state index is 10.0. The second-order valence-electron chi connectivity index (χ2n) is 5.55. The van der Waals surface area contributed by atoms with Gasteiger partial charge < -0.3 is 5.11 Å². The van der Waals surface area contributed by atoms with Gasteiger partial charge in [-0.2, -0.15) is 0 Å². The summed E-state index contributed by atoms with van der Waals surface area (Å²) in [4.78, 5) is 0. The molecule has 1 N–H and O–H groups in total. The molecule has 5 unspecified atom stereocenters. The molecule has 1 saturated carbocycles. The standard InChI is InChI=1S/C13H20O/c1-7-3-4-9-8(2)10-5-6-11(14)12(7)13(9)10/h7-11,14H,3-6H2,1-2H3. The Hall–Kier alpha value is -0.300. The van der Waals surface area contributed by atoms with Gasteiger partial charge in [-0.05, 0) is 54.9 Å². The van der Waals surface area contributed by atoms with Gasteiger partial charge in [0.15, 0.2) is 0 Å². The van der Waals surface area contributed by atoms with Crippen molar-refractivity contribution in [3.63, 3.8) is 0 Å². The van der Waals surface area contributed by atoms with Crippen molar-refractivity contribution in [3.05, 3.63) is 11.1 Å². The van der Waals surface area contributed by atoms with Crippen molar-refractivity contribution in [3.8, 4) is 0 Å². The minimum absolute atomic E-state index is 0.0912. The maximum Gasteiger partial charge on any atom is 0.0755 e. The van der Waals surface area contributed by atoms with Gasteiger partial charge >= 0.3 is 0 Å². The minimum atomic E-state index is -0.0912. The number of rotatable bonds is 0. The fourth-order valence-corrected chi connectivity index (χ4v) is 4.15. The molecule has 5 atom stereocenters. The van der Waals surface area contributed by atoms with Crippen LogP contribution in [-0.4, -0.2) is 11.2 Å². The van der Waals surface area contributed by atoms with Crippen LogP contribution in [0.4, 0.5) is 0 Å². The van der Waals surface area contributed by atoms with Gasteiger partial charge in [0.2, 0.25) is 0 Å². The lowest BCUT2D eigenvalue weighted by Crippen LogP contribution is -2.47. The van der Waals surface area contributed by atoms with Crippen molar-refractivity contribution in [1.29, 1.82) is 0 Å². The van der Waals surface area contributed by atoms with Crippen LogP contribution in [0.25, 0.3) is 0 Å². The summed E-state index contributed by atoms with van der Waals surface area (Å²) in [5.41, 5.74) is 3.14. The summed E-state index contributed by atoms with van der Waals surface area (Å²) >= 11 is 0. The highest BCUT2D eigenvalue weighted by Crippen LogP contribution is 2.58. The quantitative estimate of drug-likeness (QED) is 0.585. The smallest absolute Gasteiger partial charge is 0.0755 e. The van der Waals surface area contributed by atoms with Crippen molar-refractivity contribution in [2.75, 3.05) is 0 Å². The predicted octanol–water partition coefficient (Wildman–Crippen LogP) is 2.75. The van der Waals surface area contributed by atoms with E-state index < -0.39 is 0 Å². The normalized spacial score (nSPS) is 51.2. The number of allylic oxidation sites excluding steroid dienone is 1. The first-order chi connectivity index (χ1) is 6.70. The van der Waals surface area contributed by atoms with Gasteiger partial charge in [-0.25, -0.2) is 0 Å². The number of hydrogen-bond acceptors (Lipinski definition) is 1. The Morgan fingerprint density at radius 2 is 1.57 bits per heavy atom. The highest BCUT2D eigenvalue weighted by Gasteiger charge is 2.49. The zero-order valence-electron chi connectivity index (χ0n) is 9.16. The average molecular weight is 192 g/mol. The van der Waals surface area contributed by atoms with Crippen molar-refractivity contribution in [2.24, 2.45) is 23.7 Å². The molecule has 0 spiro atoms. The van der Waals surface area contributed by atoms with E-state index in [0.29, 0.717) is 5.92 Å². The molecule has 0 aromatic carbocycles. The molecule has 0 aromatic rings. The van der Waals surface area contributed by atoms with Gasteiger partial charge in [0.05, 0.1) is 6.10 Å². The molecule has 1 heteroatoms. The van der Waals surface area contributed by atoms with E-state index in [4.69, 9.17) is 0 Å². The van der Waals surface area contributed by atoms with Gasteiger partial charge in [0.1, 0.15) is 0 Å². The molecule has 0 bridgehead atoms. The van der Waals surface area contributed by atoms with Gasteiger partial charge in [-0.1, -0.05) is 19.4 Å². The topological polar surface area (TPSA) is 20.2 Å². The summed E-state index contributed by atoms with van der Waals surface area (Å²) < 4.78 is 0. The minimum Gasteiger partial charge on any atom is -0.389 e. The molecule has 0 amide bonds. The molecule has 3 rings (SSSR count). The van der Waals surface area contributed by atoms with Crippen LogP contribution < -0.4 is 0 Å². The summed E-state index contributed by atoms with van der Waals surface area (Å²) in [6.45, 7) is 4.71. The molecule has 3 aliphatic carbocycles. The first-order valence-corrected chi connectivity index (χ1v) is 6.12. The molecule has 1 fully saturated rings. The Labute approximate surface area is 86.2 Å². The molecule has 0 saturated heterocycles. The van der Waals surface area contributed by atoms with Crippen LogP contribution in [-0.2, 0) is 0 Å². The summed E-state index contributed by atoms with van der Waals surface area (Å²) in [6.07, 6.45) is 4.85. The highest BCUT2D eigenvalue weighted by atomic mass is 16.3. The SMILES string of the molecule is CC1CCC2C3=C1C(O)CCC3C2C. The predicted molar refractivity (Wildman–Crippen MR) is 56.8 cm³/mol. The molecule has 0 radical (unpaired) electrons. The molecule has 0 aliphatic heterocycles. The van der Waals surface area contributed by atoms with Crippen molar-refractivity contribution in [1.82, 2.24) is 0 Å². The lowest BCUT2D eigenvalue weighted by molar-refractivity contribution is 0.0720. The fraction of sp³-hybridized carbons (Fsp3) is 0.846. The van der Waals surface area contributed by atoms with Crippen LogP contribution in [0.1, 0.15) is 39.5 Å². The second-order valence-corrected chi connectivity index (χ2v) is 5.55. The van der Waals surface area contributed by atoms with Gasteiger partial charge in [-0.15, -0.1) is 0 Å². The Balaban J connectivity index is 2.04. The molecule has 78 valence electrons. The monoisotopic (exact) mass is 192 g/mol. The third kappa shape index (κ3) is 0.942. The second kappa shape index (κ2) is 2.85. The van der Waals surface area contributed by atoms with Gasteiger partial charge in [0, 0.05) is 0 Å². The number of aliphatic hydroxyl groups excluding tert-OH is 1. The van der Waals surface area contributed by atoms with Crippen LogP contribution in [0.2, 0.25) is 0 Å². The first-order valence-electron chi connectivity index (χ1n) is 6.12. The fourth-order valence-electron chi connectivity index (χ4n) is 4.15. The maximum atomic E-state index is 10.0. The van der Waals surface area contributed by atoms with Crippen molar-refractivity contribution < 1.29 is 5.11 Å². The van der Waals surface area contributed by atoms with Crippen LogP contribution in [0.3, 0.4) is 0 Å². The molecule has 14 heavy (non-hydrogen) atoms. The van der Waals surface area contributed by atoms with E-state index in [1.54, 1.807) is 5.57 Å². The van der Waals surface area contributed by atoms with E-state index in [1.165, 1.54) is 24.8 Å². The van der Waals surface area contributed by atoms with Crippen LogP contribution >= 0.6 is 0 Å². The Morgan fingerprint density at radius 1 is 0.929 bits per heavy atom. The third-order valence-corrected chi connectivity index (χ3v) is 4.95. The Morgan fingerprint density at radius 3 is 2.29 bits per heavy atom. The van der Waals surface area contributed by atoms with E-state index in [9.17, 15) is 5.11 Å². The highest BCUT2D eigenvalue weighted by molar-refractivity contribution is 5.37. The number of aliphatic hydroxyl groups is 1. The van der Waals surface area contributed by atoms with E-state index in [1.807, 2.05) is 0 Å². The molecular weight excluding hydrogens is 172 g/mol. The van der Waals surface area contributed by atoms with Gasteiger partial charge in [0.25, 0.3) is 0 Å². The molecule has 3 aliphatic rings. The molecule has 1 nitrogen and oxygen atoms in total. The first kappa shape index (κ1) is 8.96. The Kier molecular flexibility index (Phi) is 1.82. The Bertz CT molecular complexity index is 266. The summed E-state index contributed by atoms with van der Waals surface area (Å²) in [5, 5.41) is 10.0. The van der Waals surface area contributed by atoms with Crippen molar-refractivity contribution >= 4 is 0 Å². The lowest BCUT2D eigenvalue weighted by atomic mass is 9.51. The zero-order chi connectivity index (χ0) is 9.87. The third-order valence-electron chi connectivity index (χ3n) is 4.95. The van der Waals surface area contributed by atoms with E-state index in [0.717, 1.165) is 24.2 Å². The molecular formula is C13H20O. The molecule has 0 heterocycles. The largest absolute Gasteiger partial charge is 0.389 e.